The summed E-state index contributed by atoms with van der Waals surface area (Å²) >= 11 is 5.18. The smallest absolute Gasteiger partial charge is 0.123 e. The zero-order chi connectivity index (χ0) is 14.7. The van der Waals surface area contributed by atoms with Gasteiger partial charge in [0, 0.05) is 42.8 Å². The Morgan fingerprint density at radius 3 is 2.67 bits per heavy atom. The van der Waals surface area contributed by atoms with Crippen LogP contribution >= 0.6 is 27.3 Å². The third kappa shape index (κ3) is 3.40. The van der Waals surface area contributed by atoms with Gasteiger partial charge >= 0.3 is 0 Å². The summed E-state index contributed by atoms with van der Waals surface area (Å²) in [7, 11) is 1.92. The molecule has 0 atom stereocenters. The lowest BCUT2D eigenvalue weighted by Gasteiger charge is -2.05. The molecular formula is C15H15BrN4S. The molecule has 0 bridgehead atoms. The Hall–Kier alpha value is -1.50. The van der Waals surface area contributed by atoms with Gasteiger partial charge in [-0.25, -0.2) is 4.98 Å². The fraction of sp³-hybridized carbons (Fsp3) is 0.200. The summed E-state index contributed by atoms with van der Waals surface area (Å²) in [6.45, 7) is 1.63. The Labute approximate surface area is 136 Å². The van der Waals surface area contributed by atoms with E-state index in [2.05, 4.69) is 55.6 Å². The number of hydrogen-bond acceptors (Lipinski definition) is 4. The van der Waals surface area contributed by atoms with E-state index in [0.717, 1.165) is 28.3 Å². The monoisotopic (exact) mass is 362 g/mol. The maximum atomic E-state index is 4.32. The van der Waals surface area contributed by atoms with Crippen molar-refractivity contribution in [3.8, 4) is 10.6 Å². The Morgan fingerprint density at radius 1 is 1.24 bits per heavy atom. The molecule has 2 aromatic heterocycles. The molecule has 0 spiro atoms. The van der Waals surface area contributed by atoms with Crippen LogP contribution in [-0.4, -0.2) is 14.8 Å². The molecular weight excluding hydrogens is 348 g/mol. The molecule has 0 fully saturated rings. The van der Waals surface area contributed by atoms with Crippen LogP contribution in [0.2, 0.25) is 0 Å². The van der Waals surface area contributed by atoms with Crippen LogP contribution < -0.4 is 5.32 Å². The van der Waals surface area contributed by atoms with Gasteiger partial charge in [-0.2, -0.15) is 5.10 Å². The highest BCUT2D eigenvalue weighted by Gasteiger charge is 2.05. The Morgan fingerprint density at radius 2 is 2.05 bits per heavy atom. The molecule has 0 aliphatic rings. The number of thiazole rings is 1. The Bertz CT molecular complexity index is 704. The topological polar surface area (TPSA) is 42.7 Å². The van der Waals surface area contributed by atoms with Crippen LogP contribution in [0.1, 0.15) is 11.1 Å². The van der Waals surface area contributed by atoms with Crippen molar-refractivity contribution in [1.82, 2.24) is 20.1 Å². The molecule has 1 N–H and O–H groups in total. The van der Waals surface area contributed by atoms with E-state index in [0.29, 0.717) is 0 Å². The number of rotatable bonds is 5. The summed E-state index contributed by atoms with van der Waals surface area (Å²) in [6, 6.07) is 8.52. The van der Waals surface area contributed by atoms with Crippen molar-refractivity contribution in [3.05, 3.63) is 57.8 Å². The van der Waals surface area contributed by atoms with E-state index in [4.69, 9.17) is 0 Å². The highest BCUT2D eigenvalue weighted by molar-refractivity contribution is 9.10. The van der Waals surface area contributed by atoms with Crippen molar-refractivity contribution >= 4 is 27.3 Å². The fourth-order valence-corrected chi connectivity index (χ4v) is 3.04. The average Bonchev–Trinajstić information content (AvgIpc) is 3.13. The van der Waals surface area contributed by atoms with Crippen molar-refractivity contribution in [2.45, 2.75) is 13.1 Å². The van der Waals surface area contributed by atoms with E-state index < -0.39 is 0 Å². The van der Waals surface area contributed by atoms with Crippen molar-refractivity contribution in [2.24, 2.45) is 7.05 Å². The van der Waals surface area contributed by atoms with E-state index in [1.165, 1.54) is 11.1 Å². The molecule has 0 saturated heterocycles. The predicted molar refractivity (Wildman–Crippen MR) is 89.0 cm³/mol. The van der Waals surface area contributed by atoms with Crippen LogP contribution in [-0.2, 0) is 20.1 Å². The first-order chi connectivity index (χ1) is 10.2. The van der Waals surface area contributed by atoms with Gasteiger partial charge in [-0.1, -0.05) is 24.3 Å². The summed E-state index contributed by atoms with van der Waals surface area (Å²) in [5, 5.41) is 10.7. The van der Waals surface area contributed by atoms with E-state index in [9.17, 15) is 0 Å². The Balaban J connectivity index is 1.57. The molecule has 1 aromatic carbocycles. The molecule has 0 amide bonds. The van der Waals surface area contributed by atoms with Gasteiger partial charge in [0.25, 0.3) is 0 Å². The minimum atomic E-state index is 0.794. The zero-order valence-electron chi connectivity index (χ0n) is 11.6. The highest BCUT2D eigenvalue weighted by Crippen LogP contribution is 2.21. The molecule has 0 aliphatic heterocycles. The standard InChI is InChI=1S/C15H15BrN4S/c1-20-14(16)13(10-19-20)9-17-8-11-2-4-12(5-3-11)15-18-6-7-21-15/h2-7,10,17H,8-9H2,1H3. The van der Waals surface area contributed by atoms with Gasteiger partial charge in [-0.3, -0.25) is 4.68 Å². The van der Waals surface area contributed by atoms with Crippen molar-refractivity contribution in [1.29, 1.82) is 0 Å². The summed E-state index contributed by atoms with van der Waals surface area (Å²) in [4.78, 5) is 4.32. The van der Waals surface area contributed by atoms with Crippen molar-refractivity contribution < 1.29 is 0 Å². The molecule has 6 heteroatoms. The number of hydrogen-bond donors (Lipinski definition) is 1. The molecule has 0 unspecified atom stereocenters. The third-order valence-corrected chi connectivity index (χ3v) is 5.06. The van der Waals surface area contributed by atoms with Crippen LogP contribution in [0.15, 0.2) is 46.6 Å². The van der Waals surface area contributed by atoms with Crippen LogP contribution in [0.4, 0.5) is 0 Å². The number of aryl methyl sites for hydroxylation is 1. The summed E-state index contributed by atoms with van der Waals surface area (Å²) < 4.78 is 2.84. The molecule has 4 nitrogen and oxygen atoms in total. The van der Waals surface area contributed by atoms with Gasteiger partial charge in [0.15, 0.2) is 0 Å². The number of aromatic nitrogens is 3. The first-order valence-corrected chi connectivity index (χ1v) is 8.27. The maximum absolute atomic E-state index is 4.32. The van der Waals surface area contributed by atoms with E-state index in [1.54, 1.807) is 11.3 Å². The van der Waals surface area contributed by atoms with Gasteiger partial charge in [0.05, 0.1) is 6.20 Å². The lowest BCUT2D eigenvalue weighted by atomic mass is 10.1. The van der Waals surface area contributed by atoms with Crippen molar-refractivity contribution in [2.75, 3.05) is 0 Å². The van der Waals surface area contributed by atoms with Crippen LogP contribution in [0.5, 0.6) is 0 Å². The first-order valence-electron chi connectivity index (χ1n) is 6.60. The molecule has 108 valence electrons. The number of nitrogens with one attached hydrogen (secondary N) is 1. The van der Waals surface area contributed by atoms with Crippen LogP contribution in [0.3, 0.4) is 0 Å². The second kappa shape index (κ2) is 6.51. The second-order valence-corrected chi connectivity index (χ2v) is 6.37. The highest BCUT2D eigenvalue weighted by atomic mass is 79.9. The number of nitrogens with zero attached hydrogens (tertiary/aromatic N) is 3. The third-order valence-electron chi connectivity index (χ3n) is 3.21. The van der Waals surface area contributed by atoms with Gasteiger partial charge in [-0.15, -0.1) is 11.3 Å². The minimum absolute atomic E-state index is 0.794. The number of benzene rings is 1. The normalized spacial score (nSPS) is 11.0. The largest absolute Gasteiger partial charge is 0.308 e. The van der Waals surface area contributed by atoms with Gasteiger partial charge in [0.2, 0.25) is 0 Å². The van der Waals surface area contributed by atoms with E-state index in [1.807, 2.05) is 29.5 Å². The molecule has 0 aliphatic carbocycles. The molecule has 21 heavy (non-hydrogen) atoms. The van der Waals surface area contributed by atoms with Gasteiger partial charge in [-0.05, 0) is 21.5 Å². The average molecular weight is 363 g/mol. The molecule has 0 radical (unpaired) electrons. The SMILES string of the molecule is Cn1ncc(CNCc2ccc(-c3nccs3)cc2)c1Br. The molecule has 2 heterocycles. The van der Waals surface area contributed by atoms with Crippen LogP contribution in [0, 0.1) is 0 Å². The summed E-state index contributed by atoms with van der Waals surface area (Å²) in [5.41, 5.74) is 3.59. The predicted octanol–water partition coefficient (Wildman–Crippen LogP) is 3.60. The van der Waals surface area contributed by atoms with E-state index >= 15 is 0 Å². The molecule has 3 rings (SSSR count). The minimum Gasteiger partial charge on any atom is -0.308 e. The number of halogens is 1. The quantitative estimate of drug-likeness (QED) is 0.753. The summed E-state index contributed by atoms with van der Waals surface area (Å²) in [6.07, 6.45) is 3.71. The van der Waals surface area contributed by atoms with Gasteiger partial charge < -0.3 is 5.32 Å². The molecule has 3 aromatic rings. The van der Waals surface area contributed by atoms with E-state index in [-0.39, 0.29) is 0 Å². The lowest BCUT2D eigenvalue weighted by Crippen LogP contribution is -2.12. The summed E-state index contributed by atoms with van der Waals surface area (Å²) in [5.74, 6) is 0. The van der Waals surface area contributed by atoms with Gasteiger partial charge in [0.1, 0.15) is 9.61 Å². The first kappa shape index (κ1) is 14.4. The fourth-order valence-electron chi connectivity index (χ4n) is 2.06. The zero-order valence-corrected chi connectivity index (χ0v) is 14.0. The maximum Gasteiger partial charge on any atom is 0.123 e. The molecule has 0 saturated carbocycles. The van der Waals surface area contributed by atoms with Crippen LogP contribution in [0.25, 0.3) is 10.6 Å². The van der Waals surface area contributed by atoms with Crippen molar-refractivity contribution in [3.63, 3.8) is 0 Å². The second-order valence-electron chi connectivity index (χ2n) is 4.72. The lowest BCUT2D eigenvalue weighted by molar-refractivity contribution is 0.687. The Kier molecular flexibility index (Phi) is 4.48.